The Morgan fingerprint density at radius 1 is 1.09 bits per heavy atom. The van der Waals surface area contributed by atoms with Gasteiger partial charge < -0.3 is 21.7 Å². The van der Waals surface area contributed by atoms with E-state index >= 15 is 0 Å². The van der Waals surface area contributed by atoms with Crippen molar-refractivity contribution in [1.82, 2.24) is 0 Å². The van der Waals surface area contributed by atoms with E-state index in [1.807, 2.05) is 0 Å². The van der Waals surface area contributed by atoms with E-state index in [2.05, 4.69) is 0 Å². The monoisotopic (exact) mass is 160 g/mol. The molecule has 0 radical (unpaired) electrons. The Kier molecular flexibility index (Phi) is 2.49. The highest BCUT2D eigenvalue weighted by Crippen LogP contribution is 2.35. The highest BCUT2D eigenvalue weighted by atomic mass is 16.3. The Morgan fingerprint density at radius 3 is 1.64 bits per heavy atom. The maximum absolute atomic E-state index is 8.98. The molecule has 1 saturated carbocycles. The maximum atomic E-state index is 8.98. The van der Waals surface area contributed by atoms with E-state index in [1.54, 1.807) is 0 Å². The fourth-order valence-corrected chi connectivity index (χ4v) is 1.69. The van der Waals surface area contributed by atoms with Crippen molar-refractivity contribution in [3.05, 3.63) is 0 Å². The van der Waals surface area contributed by atoms with E-state index in [0.717, 1.165) is 0 Å². The van der Waals surface area contributed by atoms with Crippen molar-refractivity contribution >= 4 is 0 Å². The van der Waals surface area contributed by atoms with Crippen LogP contribution < -0.4 is 11.5 Å². The van der Waals surface area contributed by atoms with Gasteiger partial charge in [-0.25, -0.2) is 0 Å². The standard InChI is InChI=1S/C7H16N2O2/c8-5-1-7(3-10,4-11)2-6(5)9/h5-6,10-11H,1-4,8-9H2/t5-,6-/m1/s1. The molecule has 0 amide bonds. The van der Waals surface area contributed by atoms with Crippen LogP contribution in [0.25, 0.3) is 0 Å². The van der Waals surface area contributed by atoms with Crippen LogP contribution in [-0.4, -0.2) is 35.5 Å². The fraction of sp³-hybridized carbons (Fsp3) is 1.00. The van der Waals surface area contributed by atoms with Crippen LogP contribution in [0, 0.1) is 5.41 Å². The van der Waals surface area contributed by atoms with Crippen LogP contribution in [-0.2, 0) is 0 Å². The van der Waals surface area contributed by atoms with E-state index in [4.69, 9.17) is 21.7 Å². The Labute approximate surface area is 66.2 Å². The van der Waals surface area contributed by atoms with E-state index < -0.39 is 5.41 Å². The molecule has 0 heterocycles. The second-order valence-electron chi connectivity index (χ2n) is 3.55. The van der Waals surface area contributed by atoms with Crippen LogP contribution in [0.2, 0.25) is 0 Å². The quantitative estimate of drug-likeness (QED) is 0.391. The van der Waals surface area contributed by atoms with Crippen molar-refractivity contribution in [2.24, 2.45) is 16.9 Å². The highest BCUT2D eigenvalue weighted by molar-refractivity contribution is 4.97. The van der Waals surface area contributed by atoms with Crippen LogP contribution in [0.15, 0.2) is 0 Å². The molecule has 4 nitrogen and oxygen atoms in total. The second kappa shape index (κ2) is 3.06. The van der Waals surface area contributed by atoms with Crippen LogP contribution in [0.3, 0.4) is 0 Å². The molecule has 0 spiro atoms. The van der Waals surface area contributed by atoms with Gasteiger partial charge >= 0.3 is 0 Å². The molecule has 4 heteroatoms. The first-order valence-electron chi connectivity index (χ1n) is 3.86. The van der Waals surface area contributed by atoms with Gasteiger partial charge in [0.05, 0.1) is 13.2 Å². The summed E-state index contributed by atoms with van der Waals surface area (Å²) < 4.78 is 0. The zero-order chi connectivity index (χ0) is 8.48. The molecule has 0 aromatic carbocycles. The molecule has 0 unspecified atom stereocenters. The molecule has 0 saturated heterocycles. The van der Waals surface area contributed by atoms with Gasteiger partial charge in [0, 0.05) is 17.5 Å². The third kappa shape index (κ3) is 1.54. The predicted octanol–water partition coefficient (Wildman–Crippen LogP) is -1.59. The largest absolute Gasteiger partial charge is 0.396 e. The molecular formula is C7H16N2O2. The first kappa shape index (κ1) is 8.93. The van der Waals surface area contributed by atoms with Crippen molar-refractivity contribution in [2.75, 3.05) is 13.2 Å². The molecule has 66 valence electrons. The lowest BCUT2D eigenvalue weighted by atomic mass is 9.88. The van der Waals surface area contributed by atoms with Crippen molar-refractivity contribution in [2.45, 2.75) is 24.9 Å². The Morgan fingerprint density at radius 2 is 1.45 bits per heavy atom. The molecule has 1 aliphatic carbocycles. The van der Waals surface area contributed by atoms with Gasteiger partial charge in [-0.05, 0) is 12.8 Å². The molecule has 0 aliphatic heterocycles. The molecule has 0 bridgehead atoms. The SMILES string of the molecule is N[C@@H]1CC(CO)(CO)C[C@H]1N. The van der Waals surface area contributed by atoms with Crippen LogP contribution in [0.4, 0.5) is 0 Å². The summed E-state index contributed by atoms with van der Waals surface area (Å²) in [6.45, 7) is -0.0458. The van der Waals surface area contributed by atoms with Crippen molar-refractivity contribution in [3.63, 3.8) is 0 Å². The van der Waals surface area contributed by atoms with Crippen LogP contribution in [0.1, 0.15) is 12.8 Å². The van der Waals surface area contributed by atoms with Crippen LogP contribution >= 0.6 is 0 Å². The lowest BCUT2D eigenvalue weighted by Gasteiger charge is -2.23. The zero-order valence-corrected chi connectivity index (χ0v) is 6.53. The summed E-state index contributed by atoms with van der Waals surface area (Å²) in [6.07, 6.45) is 1.25. The van der Waals surface area contributed by atoms with Crippen molar-refractivity contribution in [1.29, 1.82) is 0 Å². The first-order valence-corrected chi connectivity index (χ1v) is 3.86. The van der Waals surface area contributed by atoms with Gasteiger partial charge in [-0.2, -0.15) is 0 Å². The van der Waals surface area contributed by atoms with Crippen molar-refractivity contribution < 1.29 is 10.2 Å². The minimum Gasteiger partial charge on any atom is -0.396 e. The second-order valence-corrected chi connectivity index (χ2v) is 3.55. The molecule has 11 heavy (non-hydrogen) atoms. The Balaban J connectivity index is 2.61. The third-order valence-corrected chi connectivity index (χ3v) is 2.56. The van der Waals surface area contributed by atoms with Crippen molar-refractivity contribution in [3.8, 4) is 0 Å². The summed E-state index contributed by atoms with van der Waals surface area (Å²) in [4.78, 5) is 0. The zero-order valence-electron chi connectivity index (χ0n) is 6.53. The minimum absolute atomic E-state index is 0.0229. The van der Waals surface area contributed by atoms with E-state index in [-0.39, 0.29) is 25.3 Å². The number of nitrogens with two attached hydrogens (primary N) is 2. The average molecular weight is 160 g/mol. The van der Waals surface area contributed by atoms with E-state index in [1.165, 1.54) is 0 Å². The summed E-state index contributed by atoms with van der Waals surface area (Å²) in [7, 11) is 0. The average Bonchev–Trinajstić information content (AvgIpc) is 2.29. The molecule has 0 aromatic rings. The number of rotatable bonds is 2. The number of hydrogen-bond donors (Lipinski definition) is 4. The predicted molar refractivity (Wildman–Crippen MR) is 41.8 cm³/mol. The normalized spacial score (nSPS) is 36.0. The highest BCUT2D eigenvalue weighted by Gasteiger charge is 2.41. The summed E-state index contributed by atoms with van der Waals surface area (Å²) in [6, 6.07) is -0.149. The van der Waals surface area contributed by atoms with Crippen LogP contribution in [0.5, 0.6) is 0 Å². The van der Waals surface area contributed by atoms with Gasteiger partial charge in [-0.15, -0.1) is 0 Å². The molecule has 1 fully saturated rings. The van der Waals surface area contributed by atoms with E-state index in [0.29, 0.717) is 12.8 Å². The molecule has 0 aromatic heterocycles. The lowest BCUT2D eigenvalue weighted by molar-refractivity contribution is 0.0585. The lowest BCUT2D eigenvalue weighted by Crippen LogP contribution is -2.35. The smallest absolute Gasteiger partial charge is 0.0510 e. The fourth-order valence-electron chi connectivity index (χ4n) is 1.69. The molecular weight excluding hydrogens is 144 g/mol. The third-order valence-electron chi connectivity index (χ3n) is 2.56. The van der Waals surface area contributed by atoms with Gasteiger partial charge in [0.25, 0.3) is 0 Å². The van der Waals surface area contributed by atoms with Gasteiger partial charge in [0.15, 0.2) is 0 Å². The van der Waals surface area contributed by atoms with Gasteiger partial charge in [-0.1, -0.05) is 0 Å². The molecule has 2 atom stereocenters. The number of aliphatic hydroxyl groups is 2. The molecule has 1 rings (SSSR count). The molecule has 6 N–H and O–H groups in total. The summed E-state index contributed by atoms with van der Waals surface area (Å²) in [5.41, 5.74) is 10.9. The topological polar surface area (TPSA) is 92.5 Å². The Hall–Kier alpha value is -0.160. The van der Waals surface area contributed by atoms with Gasteiger partial charge in [0.2, 0.25) is 0 Å². The number of aliphatic hydroxyl groups excluding tert-OH is 2. The van der Waals surface area contributed by atoms with Gasteiger partial charge in [-0.3, -0.25) is 0 Å². The number of hydrogen-bond acceptors (Lipinski definition) is 4. The Bertz CT molecular complexity index is 124. The summed E-state index contributed by atoms with van der Waals surface area (Å²) >= 11 is 0. The van der Waals surface area contributed by atoms with Gasteiger partial charge in [0.1, 0.15) is 0 Å². The first-order chi connectivity index (χ1) is 5.13. The summed E-state index contributed by atoms with van der Waals surface area (Å²) in [5, 5.41) is 18.0. The van der Waals surface area contributed by atoms with E-state index in [9.17, 15) is 0 Å². The minimum atomic E-state index is -0.418. The maximum Gasteiger partial charge on any atom is 0.0510 e. The summed E-state index contributed by atoms with van der Waals surface area (Å²) in [5.74, 6) is 0. The molecule has 1 aliphatic rings.